The lowest BCUT2D eigenvalue weighted by Gasteiger charge is -2.09. The minimum absolute atomic E-state index is 0.0880. The molecule has 1 aromatic heterocycles. The third-order valence-electron chi connectivity index (χ3n) is 1.49. The molecule has 1 heterocycles. The molecular weight excluding hydrogens is 208 g/mol. The molecule has 0 aromatic carbocycles. The van der Waals surface area contributed by atoms with Crippen LogP contribution in [0.25, 0.3) is 0 Å². The van der Waals surface area contributed by atoms with Crippen molar-refractivity contribution >= 4 is 21.4 Å². The van der Waals surface area contributed by atoms with E-state index in [0.29, 0.717) is 0 Å². The average Bonchev–Trinajstić information content (AvgIpc) is 2.51. The van der Waals surface area contributed by atoms with Crippen molar-refractivity contribution in [2.45, 2.75) is 4.90 Å². The standard InChI is InChI=1S/C7H8N2O2S2/c1-9(2)13(10,11)7-3-4-12-6(7)5-8/h3-4H,1-2H3. The van der Waals surface area contributed by atoms with Crippen LogP contribution >= 0.6 is 11.3 Å². The Hall–Kier alpha value is -0.900. The summed E-state index contributed by atoms with van der Waals surface area (Å²) >= 11 is 1.13. The van der Waals surface area contributed by atoms with E-state index >= 15 is 0 Å². The summed E-state index contributed by atoms with van der Waals surface area (Å²) in [5, 5.41) is 10.2. The number of hydrogen-bond acceptors (Lipinski definition) is 4. The highest BCUT2D eigenvalue weighted by molar-refractivity contribution is 7.89. The van der Waals surface area contributed by atoms with Gasteiger partial charge in [0.25, 0.3) is 0 Å². The predicted octanol–water partition coefficient (Wildman–Crippen LogP) is 0.870. The van der Waals surface area contributed by atoms with E-state index in [9.17, 15) is 8.42 Å². The van der Waals surface area contributed by atoms with Gasteiger partial charge in [0.05, 0.1) is 0 Å². The average molecular weight is 216 g/mol. The molecule has 0 N–H and O–H groups in total. The van der Waals surface area contributed by atoms with Gasteiger partial charge in [0, 0.05) is 14.1 Å². The third-order valence-corrected chi connectivity index (χ3v) is 4.29. The zero-order valence-corrected chi connectivity index (χ0v) is 8.82. The summed E-state index contributed by atoms with van der Waals surface area (Å²) in [7, 11) is -0.578. The van der Waals surface area contributed by atoms with Gasteiger partial charge in [-0.15, -0.1) is 11.3 Å². The van der Waals surface area contributed by atoms with Crippen molar-refractivity contribution in [2.24, 2.45) is 0 Å². The topological polar surface area (TPSA) is 61.2 Å². The highest BCUT2D eigenvalue weighted by Crippen LogP contribution is 2.22. The lowest BCUT2D eigenvalue weighted by molar-refractivity contribution is 0.521. The summed E-state index contributed by atoms with van der Waals surface area (Å²) in [6, 6.07) is 3.29. The minimum Gasteiger partial charge on any atom is -0.207 e. The Morgan fingerprint density at radius 1 is 1.54 bits per heavy atom. The lowest BCUT2D eigenvalue weighted by Crippen LogP contribution is -2.22. The summed E-state index contributed by atoms with van der Waals surface area (Å²) in [5.41, 5.74) is 0. The molecule has 0 saturated carbocycles. The van der Waals surface area contributed by atoms with E-state index < -0.39 is 10.0 Å². The molecular formula is C7H8N2O2S2. The number of hydrogen-bond donors (Lipinski definition) is 0. The van der Waals surface area contributed by atoms with Crippen LogP contribution in [0.15, 0.2) is 16.3 Å². The second kappa shape index (κ2) is 3.46. The van der Waals surface area contributed by atoms with Crippen LogP contribution in [0.2, 0.25) is 0 Å². The van der Waals surface area contributed by atoms with Crippen LogP contribution in [0.4, 0.5) is 0 Å². The van der Waals surface area contributed by atoms with Crippen LogP contribution in [0, 0.1) is 11.3 Å². The van der Waals surface area contributed by atoms with Crippen LogP contribution in [-0.2, 0) is 10.0 Å². The molecule has 0 aliphatic heterocycles. The minimum atomic E-state index is -3.46. The van der Waals surface area contributed by atoms with Gasteiger partial charge in [-0.25, -0.2) is 12.7 Å². The van der Waals surface area contributed by atoms with E-state index in [1.807, 2.05) is 6.07 Å². The fraction of sp³-hybridized carbons (Fsp3) is 0.286. The zero-order valence-electron chi connectivity index (χ0n) is 7.18. The molecule has 0 atom stereocenters. The van der Waals surface area contributed by atoms with Crippen LogP contribution in [0.3, 0.4) is 0 Å². The molecule has 0 bridgehead atoms. The predicted molar refractivity (Wildman–Crippen MR) is 49.9 cm³/mol. The molecule has 6 heteroatoms. The number of sulfonamides is 1. The Labute approximate surface area is 81.1 Å². The van der Waals surface area contributed by atoms with Crippen molar-refractivity contribution in [3.63, 3.8) is 0 Å². The van der Waals surface area contributed by atoms with Gasteiger partial charge in [0.15, 0.2) is 0 Å². The van der Waals surface area contributed by atoms with Crippen molar-refractivity contribution in [3.05, 3.63) is 16.3 Å². The molecule has 1 rings (SSSR count). The largest absolute Gasteiger partial charge is 0.244 e. The van der Waals surface area contributed by atoms with Crippen molar-refractivity contribution in [2.75, 3.05) is 14.1 Å². The first-order chi connectivity index (χ1) is 6.00. The van der Waals surface area contributed by atoms with Crippen molar-refractivity contribution in [3.8, 4) is 6.07 Å². The van der Waals surface area contributed by atoms with E-state index in [4.69, 9.17) is 5.26 Å². The van der Waals surface area contributed by atoms with Gasteiger partial charge in [-0.05, 0) is 11.4 Å². The van der Waals surface area contributed by atoms with Crippen molar-refractivity contribution in [1.82, 2.24) is 4.31 Å². The molecule has 13 heavy (non-hydrogen) atoms. The SMILES string of the molecule is CN(C)S(=O)(=O)c1ccsc1C#N. The zero-order chi connectivity index (χ0) is 10.1. The highest BCUT2D eigenvalue weighted by atomic mass is 32.2. The van der Waals surface area contributed by atoms with Crippen LogP contribution < -0.4 is 0 Å². The first-order valence-corrected chi connectivity index (χ1v) is 5.72. The molecule has 0 fully saturated rings. The maximum Gasteiger partial charge on any atom is 0.244 e. The summed E-state index contributed by atoms with van der Waals surface area (Å²) in [6.07, 6.45) is 0. The Balaban J connectivity index is 3.33. The van der Waals surface area contributed by atoms with Crippen LogP contribution in [0.1, 0.15) is 4.88 Å². The molecule has 0 saturated heterocycles. The maximum atomic E-state index is 11.6. The quantitative estimate of drug-likeness (QED) is 0.737. The van der Waals surface area contributed by atoms with Crippen molar-refractivity contribution < 1.29 is 8.42 Å². The summed E-state index contributed by atoms with van der Waals surface area (Å²) in [6.45, 7) is 0. The molecule has 4 nitrogen and oxygen atoms in total. The van der Waals surface area contributed by atoms with Gasteiger partial charge in [0.2, 0.25) is 10.0 Å². The normalized spacial score (nSPS) is 11.5. The van der Waals surface area contributed by atoms with Gasteiger partial charge in [-0.2, -0.15) is 5.26 Å². The number of thiophene rings is 1. The molecule has 1 aromatic rings. The molecule has 70 valence electrons. The second-order valence-electron chi connectivity index (χ2n) is 2.51. The molecule has 0 unspecified atom stereocenters. The van der Waals surface area contributed by atoms with E-state index in [2.05, 4.69) is 0 Å². The highest BCUT2D eigenvalue weighted by Gasteiger charge is 2.21. The van der Waals surface area contributed by atoms with Crippen LogP contribution in [-0.4, -0.2) is 26.8 Å². The van der Waals surface area contributed by atoms with E-state index in [0.717, 1.165) is 15.6 Å². The first kappa shape index (κ1) is 10.2. The summed E-state index contributed by atoms with van der Waals surface area (Å²) in [5.74, 6) is 0. The molecule has 0 amide bonds. The summed E-state index contributed by atoms with van der Waals surface area (Å²) in [4.78, 5) is 0.318. The number of rotatable bonds is 2. The van der Waals surface area contributed by atoms with E-state index in [1.54, 1.807) is 5.38 Å². The lowest BCUT2D eigenvalue weighted by atomic mass is 10.5. The van der Waals surface area contributed by atoms with Gasteiger partial charge < -0.3 is 0 Å². The fourth-order valence-electron chi connectivity index (χ4n) is 0.779. The Morgan fingerprint density at radius 3 is 2.62 bits per heavy atom. The van der Waals surface area contributed by atoms with Crippen molar-refractivity contribution in [1.29, 1.82) is 5.26 Å². The molecule has 0 aliphatic rings. The third kappa shape index (κ3) is 1.72. The van der Waals surface area contributed by atoms with Crippen LogP contribution in [0.5, 0.6) is 0 Å². The fourth-order valence-corrected chi connectivity index (χ4v) is 2.82. The monoisotopic (exact) mass is 216 g/mol. The summed E-state index contributed by atoms with van der Waals surface area (Å²) < 4.78 is 24.2. The molecule has 0 radical (unpaired) electrons. The van der Waals surface area contributed by atoms with Gasteiger partial charge in [0.1, 0.15) is 15.8 Å². The smallest absolute Gasteiger partial charge is 0.207 e. The Bertz CT molecular complexity index is 439. The first-order valence-electron chi connectivity index (χ1n) is 3.40. The molecule has 0 aliphatic carbocycles. The van der Waals surface area contributed by atoms with E-state index in [1.165, 1.54) is 20.2 Å². The van der Waals surface area contributed by atoms with E-state index in [-0.39, 0.29) is 9.77 Å². The maximum absolute atomic E-state index is 11.6. The van der Waals surface area contributed by atoms with Gasteiger partial charge in [-0.1, -0.05) is 0 Å². The second-order valence-corrected chi connectivity index (χ2v) is 5.55. The van der Waals surface area contributed by atoms with Gasteiger partial charge in [-0.3, -0.25) is 0 Å². The molecule has 0 spiro atoms. The van der Waals surface area contributed by atoms with Gasteiger partial charge >= 0.3 is 0 Å². The Kier molecular flexibility index (Phi) is 2.71. The Morgan fingerprint density at radius 2 is 2.15 bits per heavy atom. The number of nitrogens with zero attached hydrogens (tertiary/aromatic N) is 2. The number of nitriles is 1.